The van der Waals surface area contributed by atoms with Gasteiger partial charge in [0.05, 0.1) is 11.2 Å². The van der Waals surface area contributed by atoms with E-state index in [2.05, 4.69) is 35.6 Å². The molecular weight excluding hydrogens is 304 g/mol. The maximum Gasteiger partial charge on any atom is 0.0741 e. The highest BCUT2D eigenvalue weighted by molar-refractivity contribution is 6.31. The number of nitrogens with one attached hydrogen (secondary N) is 1. The predicted molar refractivity (Wildman–Crippen MR) is 95.8 cm³/mol. The number of aromatic nitrogens is 1. The molecule has 0 radical (unpaired) electrons. The van der Waals surface area contributed by atoms with Gasteiger partial charge in [-0.05, 0) is 55.5 Å². The number of pyridine rings is 1. The van der Waals surface area contributed by atoms with E-state index in [9.17, 15) is 0 Å². The zero-order valence-electron chi connectivity index (χ0n) is 12.7. The molecule has 0 saturated heterocycles. The van der Waals surface area contributed by atoms with Crippen molar-refractivity contribution >= 4 is 33.9 Å². The molecule has 2 aliphatic carbocycles. The molecule has 0 aliphatic heterocycles. The Kier molecular flexibility index (Phi) is 2.89. The quantitative estimate of drug-likeness (QED) is 0.626. The van der Waals surface area contributed by atoms with Crippen LogP contribution in [0.3, 0.4) is 0 Å². The summed E-state index contributed by atoms with van der Waals surface area (Å²) in [5.74, 6) is 1.29. The number of hydrogen-bond donors (Lipinski definition) is 1. The van der Waals surface area contributed by atoms with E-state index in [1.54, 1.807) is 0 Å². The Labute approximate surface area is 140 Å². The van der Waals surface area contributed by atoms with E-state index in [-0.39, 0.29) is 0 Å². The van der Waals surface area contributed by atoms with Crippen molar-refractivity contribution in [3.63, 3.8) is 0 Å². The molecule has 2 nitrogen and oxygen atoms in total. The Morgan fingerprint density at radius 3 is 2.70 bits per heavy atom. The van der Waals surface area contributed by atoms with E-state index in [1.165, 1.54) is 41.6 Å². The van der Waals surface area contributed by atoms with Crippen molar-refractivity contribution in [1.29, 1.82) is 0 Å². The van der Waals surface area contributed by atoms with Crippen LogP contribution in [-0.4, -0.2) is 4.98 Å². The zero-order chi connectivity index (χ0) is 15.4. The molecule has 2 aliphatic rings. The minimum absolute atomic E-state index is 0.634. The largest absolute Gasteiger partial charge is 0.355 e. The van der Waals surface area contributed by atoms with E-state index in [0.29, 0.717) is 11.8 Å². The number of nitrogens with zero attached hydrogens (tertiary/aromatic N) is 1. The van der Waals surface area contributed by atoms with Crippen LogP contribution in [0.2, 0.25) is 5.02 Å². The first kappa shape index (κ1) is 13.4. The highest BCUT2D eigenvalue weighted by Gasteiger charge is 2.40. The second kappa shape index (κ2) is 4.97. The van der Waals surface area contributed by atoms with Crippen LogP contribution in [0.5, 0.6) is 0 Å². The average Bonchev–Trinajstić information content (AvgIpc) is 3.17. The molecular formula is C20H17ClN2. The van der Waals surface area contributed by atoms with E-state index in [1.807, 2.05) is 18.2 Å². The van der Waals surface area contributed by atoms with Gasteiger partial charge in [0, 0.05) is 33.3 Å². The third kappa shape index (κ3) is 2.05. The lowest BCUT2D eigenvalue weighted by Crippen LogP contribution is -2.06. The van der Waals surface area contributed by atoms with Crippen LogP contribution >= 0.6 is 11.6 Å². The van der Waals surface area contributed by atoms with Gasteiger partial charge in [0.25, 0.3) is 0 Å². The number of para-hydroxylation sites is 1. The molecule has 5 rings (SSSR count). The van der Waals surface area contributed by atoms with Gasteiger partial charge in [0.1, 0.15) is 0 Å². The number of anilines is 2. The number of fused-ring (bicyclic) bond motifs is 6. The molecule has 3 aromatic rings. The molecule has 2 bridgehead atoms. The van der Waals surface area contributed by atoms with Crippen molar-refractivity contribution in [2.45, 2.75) is 31.1 Å². The summed E-state index contributed by atoms with van der Waals surface area (Å²) in [5.41, 5.74) is 6.11. The number of benzene rings is 2. The first-order valence-electron chi connectivity index (χ1n) is 8.25. The van der Waals surface area contributed by atoms with Crippen LogP contribution in [-0.2, 0) is 0 Å². The molecule has 2 unspecified atom stereocenters. The summed E-state index contributed by atoms with van der Waals surface area (Å²) in [6.45, 7) is 0. The summed E-state index contributed by atoms with van der Waals surface area (Å²) in [4.78, 5) is 4.98. The summed E-state index contributed by atoms with van der Waals surface area (Å²) in [5, 5.41) is 5.59. The molecule has 2 atom stereocenters. The number of hydrogen-bond acceptors (Lipinski definition) is 2. The smallest absolute Gasteiger partial charge is 0.0741 e. The van der Waals surface area contributed by atoms with Gasteiger partial charge in [-0.3, -0.25) is 4.98 Å². The highest BCUT2D eigenvalue weighted by atomic mass is 35.5. The molecule has 1 fully saturated rings. The standard InChI is InChI=1S/C20H17ClN2/c21-14-8-9-16-17(11-14)23-19-13-7-6-12(10-13)18(19)20(16)22-15-4-2-1-3-5-15/h1-5,8-9,11-13H,6-7,10H2,(H,22,23). The van der Waals surface area contributed by atoms with Gasteiger partial charge in [-0.2, -0.15) is 0 Å². The van der Waals surface area contributed by atoms with Gasteiger partial charge >= 0.3 is 0 Å². The van der Waals surface area contributed by atoms with Crippen LogP contribution < -0.4 is 5.32 Å². The molecule has 0 spiro atoms. The van der Waals surface area contributed by atoms with Gasteiger partial charge in [-0.15, -0.1) is 0 Å². The van der Waals surface area contributed by atoms with Crippen molar-refractivity contribution in [3.8, 4) is 0 Å². The molecule has 1 N–H and O–H groups in total. The van der Waals surface area contributed by atoms with Crippen molar-refractivity contribution in [1.82, 2.24) is 4.98 Å². The molecule has 1 saturated carbocycles. The van der Waals surface area contributed by atoms with Gasteiger partial charge in [0.15, 0.2) is 0 Å². The van der Waals surface area contributed by atoms with Crippen LogP contribution in [0.15, 0.2) is 48.5 Å². The Morgan fingerprint density at radius 2 is 1.83 bits per heavy atom. The second-order valence-electron chi connectivity index (χ2n) is 6.65. The monoisotopic (exact) mass is 320 g/mol. The van der Waals surface area contributed by atoms with Crippen LogP contribution in [0.25, 0.3) is 10.9 Å². The highest BCUT2D eigenvalue weighted by Crippen LogP contribution is 2.56. The first-order chi connectivity index (χ1) is 11.3. The van der Waals surface area contributed by atoms with E-state index < -0.39 is 0 Å². The van der Waals surface area contributed by atoms with Crippen LogP contribution in [0, 0.1) is 0 Å². The Balaban J connectivity index is 1.77. The summed E-state index contributed by atoms with van der Waals surface area (Å²) >= 11 is 6.20. The van der Waals surface area contributed by atoms with Crippen LogP contribution in [0.4, 0.5) is 11.4 Å². The van der Waals surface area contributed by atoms with E-state index >= 15 is 0 Å². The molecule has 23 heavy (non-hydrogen) atoms. The maximum absolute atomic E-state index is 6.20. The zero-order valence-corrected chi connectivity index (χ0v) is 13.5. The number of halogens is 1. The van der Waals surface area contributed by atoms with E-state index in [0.717, 1.165) is 16.2 Å². The number of rotatable bonds is 2. The molecule has 2 aromatic carbocycles. The molecule has 3 heteroatoms. The van der Waals surface area contributed by atoms with E-state index in [4.69, 9.17) is 16.6 Å². The minimum atomic E-state index is 0.634. The third-order valence-corrected chi connectivity index (χ3v) is 5.52. The maximum atomic E-state index is 6.20. The second-order valence-corrected chi connectivity index (χ2v) is 7.08. The fourth-order valence-electron chi connectivity index (χ4n) is 4.29. The SMILES string of the molecule is Clc1ccc2c(Nc3ccccc3)c3c(nc2c1)C1CCC3C1. The van der Waals surface area contributed by atoms with Crippen LogP contribution in [0.1, 0.15) is 42.4 Å². The molecule has 1 aromatic heterocycles. The van der Waals surface area contributed by atoms with Gasteiger partial charge in [0.2, 0.25) is 0 Å². The third-order valence-electron chi connectivity index (χ3n) is 5.29. The summed E-state index contributed by atoms with van der Waals surface area (Å²) < 4.78 is 0. The lowest BCUT2D eigenvalue weighted by atomic mass is 9.92. The lowest BCUT2D eigenvalue weighted by molar-refractivity contribution is 0.702. The summed E-state index contributed by atoms with van der Waals surface area (Å²) in [6.07, 6.45) is 3.83. The van der Waals surface area contributed by atoms with Gasteiger partial charge < -0.3 is 5.32 Å². The predicted octanol–water partition coefficient (Wildman–Crippen LogP) is 6.00. The van der Waals surface area contributed by atoms with Crippen molar-refractivity contribution in [2.75, 3.05) is 5.32 Å². The average molecular weight is 321 g/mol. The molecule has 0 amide bonds. The first-order valence-corrected chi connectivity index (χ1v) is 8.62. The summed E-state index contributed by atoms with van der Waals surface area (Å²) in [6, 6.07) is 16.4. The Morgan fingerprint density at radius 1 is 1.00 bits per heavy atom. The Hall–Kier alpha value is -2.06. The van der Waals surface area contributed by atoms with Gasteiger partial charge in [-0.25, -0.2) is 0 Å². The topological polar surface area (TPSA) is 24.9 Å². The lowest BCUT2D eigenvalue weighted by Gasteiger charge is -2.21. The molecule has 114 valence electrons. The Bertz CT molecular complexity index is 904. The fraction of sp³-hybridized carbons (Fsp3) is 0.250. The normalized spacial score (nSPS) is 21.6. The molecule has 1 heterocycles. The van der Waals surface area contributed by atoms with Crippen molar-refractivity contribution < 1.29 is 0 Å². The van der Waals surface area contributed by atoms with Crippen molar-refractivity contribution in [2.24, 2.45) is 0 Å². The van der Waals surface area contributed by atoms with Crippen molar-refractivity contribution in [3.05, 3.63) is 64.8 Å². The minimum Gasteiger partial charge on any atom is -0.355 e. The fourth-order valence-corrected chi connectivity index (χ4v) is 4.46. The van der Waals surface area contributed by atoms with Gasteiger partial charge in [-0.1, -0.05) is 29.8 Å². The summed E-state index contributed by atoms with van der Waals surface area (Å²) in [7, 11) is 0.